The molecular formula is C20H25N3O4. The Balaban J connectivity index is 1.53. The monoisotopic (exact) mass is 371 g/mol. The fraction of sp³-hybridized carbons (Fsp3) is 0.400. The molecular weight excluding hydrogens is 346 g/mol. The third-order valence-corrected chi connectivity index (χ3v) is 4.83. The van der Waals surface area contributed by atoms with E-state index in [-0.39, 0.29) is 18.2 Å². The fourth-order valence-corrected chi connectivity index (χ4v) is 3.23. The number of benzene rings is 1. The lowest BCUT2D eigenvalue weighted by Gasteiger charge is -2.35. The Kier molecular flexibility index (Phi) is 6.01. The molecule has 0 bridgehead atoms. The highest BCUT2D eigenvalue weighted by molar-refractivity contribution is 5.81. The third-order valence-electron chi connectivity index (χ3n) is 4.83. The second-order valence-electron chi connectivity index (χ2n) is 6.49. The normalized spacial score (nSPS) is 14.1. The maximum absolute atomic E-state index is 12.7. The number of nitrogens with zero attached hydrogens (tertiary/aromatic N) is 2. The van der Waals surface area contributed by atoms with Gasteiger partial charge in [-0.05, 0) is 18.2 Å². The van der Waals surface area contributed by atoms with Crippen molar-refractivity contribution in [2.24, 2.45) is 0 Å². The number of amides is 2. The molecule has 1 aromatic carbocycles. The SMILES string of the molecule is COc1ccc(CC(=O)N2CCN(C(=O)Cc3ccc[nH]3)CC2)c(OC)c1. The molecule has 144 valence electrons. The van der Waals surface area contributed by atoms with Crippen LogP contribution in [0.3, 0.4) is 0 Å². The van der Waals surface area contributed by atoms with E-state index in [1.165, 1.54) is 0 Å². The molecule has 1 aliphatic rings. The van der Waals surface area contributed by atoms with Crippen molar-refractivity contribution in [2.75, 3.05) is 40.4 Å². The van der Waals surface area contributed by atoms with E-state index in [4.69, 9.17) is 9.47 Å². The average Bonchev–Trinajstić information content (AvgIpc) is 3.21. The molecule has 0 spiro atoms. The van der Waals surface area contributed by atoms with Gasteiger partial charge in [-0.15, -0.1) is 0 Å². The van der Waals surface area contributed by atoms with Gasteiger partial charge in [0.05, 0.1) is 27.1 Å². The lowest BCUT2D eigenvalue weighted by Crippen LogP contribution is -2.51. The third kappa shape index (κ3) is 4.61. The first-order chi connectivity index (χ1) is 13.1. The molecule has 1 fully saturated rings. The molecule has 0 radical (unpaired) electrons. The molecule has 2 aromatic rings. The first-order valence-corrected chi connectivity index (χ1v) is 8.99. The molecule has 7 heteroatoms. The van der Waals surface area contributed by atoms with Crippen molar-refractivity contribution in [3.63, 3.8) is 0 Å². The summed E-state index contributed by atoms with van der Waals surface area (Å²) in [6.45, 7) is 2.22. The summed E-state index contributed by atoms with van der Waals surface area (Å²) in [6, 6.07) is 9.24. The Hall–Kier alpha value is -2.96. The molecule has 7 nitrogen and oxygen atoms in total. The van der Waals surface area contributed by atoms with Crippen LogP contribution < -0.4 is 9.47 Å². The summed E-state index contributed by atoms with van der Waals surface area (Å²) in [5.41, 5.74) is 1.73. The van der Waals surface area contributed by atoms with E-state index >= 15 is 0 Å². The molecule has 0 atom stereocenters. The highest BCUT2D eigenvalue weighted by Gasteiger charge is 2.25. The molecule has 0 aliphatic carbocycles. The Morgan fingerprint density at radius 1 is 0.963 bits per heavy atom. The van der Waals surface area contributed by atoms with E-state index in [9.17, 15) is 9.59 Å². The topological polar surface area (TPSA) is 74.9 Å². The zero-order valence-electron chi connectivity index (χ0n) is 15.7. The van der Waals surface area contributed by atoms with Crippen LogP contribution in [0.25, 0.3) is 0 Å². The molecule has 0 saturated carbocycles. The van der Waals surface area contributed by atoms with E-state index < -0.39 is 0 Å². The fourth-order valence-electron chi connectivity index (χ4n) is 3.23. The number of ether oxygens (including phenoxy) is 2. The van der Waals surface area contributed by atoms with Gasteiger partial charge in [0.2, 0.25) is 11.8 Å². The Bertz CT molecular complexity index is 781. The minimum absolute atomic E-state index is 0.0370. The van der Waals surface area contributed by atoms with Crippen molar-refractivity contribution in [3.05, 3.63) is 47.8 Å². The number of carbonyl (C=O) groups is 2. The minimum Gasteiger partial charge on any atom is -0.497 e. The summed E-state index contributed by atoms with van der Waals surface area (Å²) in [5, 5.41) is 0. The number of H-pyrrole nitrogens is 1. The standard InChI is InChI=1S/C20H25N3O4/c1-26-17-6-5-15(18(14-17)27-2)12-19(24)22-8-10-23(11-9-22)20(25)13-16-4-3-7-21-16/h3-7,14,21H,8-13H2,1-2H3. The average molecular weight is 371 g/mol. The Labute approximate surface area is 158 Å². The Morgan fingerprint density at radius 3 is 2.19 bits per heavy atom. The van der Waals surface area contributed by atoms with Gasteiger partial charge in [-0.3, -0.25) is 9.59 Å². The molecule has 2 amide bonds. The number of rotatable bonds is 6. The number of hydrogen-bond acceptors (Lipinski definition) is 4. The smallest absolute Gasteiger partial charge is 0.228 e. The lowest BCUT2D eigenvalue weighted by molar-refractivity contribution is -0.138. The lowest BCUT2D eigenvalue weighted by atomic mass is 10.1. The number of carbonyl (C=O) groups excluding carboxylic acids is 2. The van der Waals surface area contributed by atoms with Gasteiger partial charge in [-0.2, -0.15) is 0 Å². The zero-order chi connectivity index (χ0) is 19.2. The van der Waals surface area contributed by atoms with Gasteiger partial charge in [-0.1, -0.05) is 6.07 Å². The minimum atomic E-state index is 0.0370. The van der Waals surface area contributed by atoms with Crippen molar-refractivity contribution >= 4 is 11.8 Å². The second-order valence-corrected chi connectivity index (χ2v) is 6.49. The van der Waals surface area contributed by atoms with Crippen LogP contribution in [0, 0.1) is 0 Å². The quantitative estimate of drug-likeness (QED) is 0.835. The molecule has 27 heavy (non-hydrogen) atoms. The predicted molar refractivity (Wildman–Crippen MR) is 101 cm³/mol. The maximum Gasteiger partial charge on any atom is 0.228 e. The van der Waals surface area contributed by atoms with Crippen molar-refractivity contribution in [3.8, 4) is 11.5 Å². The van der Waals surface area contributed by atoms with Crippen molar-refractivity contribution in [1.29, 1.82) is 0 Å². The van der Waals surface area contributed by atoms with Crippen LogP contribution in [0.2, 0.25) is 0 Å². The first kappa shape index (κ1) is 18.8. The van der Waals surface area contributed by atoms with Crippen LogP contribution in [0.4, 0.5) is 0 Å². The van der Waals surface area contributed by atoms with E-state index in [2.05, 4.69) is 4.98 Å². The highest BCUT2D eigenvalue weighted by Crippen LogP contribution is 2.25. The first-order valence-electron chi connectivity index (χ1n) is 8.99. The van der Waals surface area contributed by atoms with Crippen LogP contribution in [0.15, 0.2) is 36.5 Å². The summed E-state index contributed by atoms with van der Waals surface area (Å²) in [6.07, 6.45) is 2.44. The number of hydrogen-bond donors (Lipinski definition) is 1. The van der Waals surface area contributed by atoms with Crippen LogP contribution >= 0.6 is 0 Å². The molecule has 3 rings (SSSR count). The molecule has 0 unspecified atom stereocenters. The molecule has 2 heterocycles. The predicted octanol–water partition coefficient (Wildman–Crippen LogP) is 1.49. The molecule has 1 aromatic heterocycles. The maximum atomic E-state index is 12.7. The van der Waals surface area contributed by atoms with E-state index in [0.717, 1.165) is 11.3 Å². The van der Waals surface area contributed by atoms with E-state index in [0.29, 0.717) is 44.1 Å². The number of aromatic amines is 1. The van der Waals surface area contributed by atoms with Crippen LogP contribution in [-0.4, -0.2) is 67.0 Å². The second kappa shape index (κ2) is 8.62. The molecule has 1 saturated heterocycles. The number of aromatic nitrogens is 1. The van der Waals surface area contributed by atoms with Crippen molar-refractivity contribution in [1.82, 2.24) is 14.8 Å². The highest BCUT2D eigenvalue weighted by atomic mass is 16.5. The molecule has 1 aliphatic heterocycles. The van der Waals surface area contributed by atoms with Gasteiger partial charge in [0, 0.05) is 49.7 Å². The van der Waals surface area contributed by atoms with E-state index in [1.54, 1.807) is 20.3 Å². The van der Waals surface area contributed by atoms with Gasteiger partial charge in [0.15, 0.2) is 0 Å². The summed E-state index contributed by atoms with van der Waals surface area (Å²) < 4.78 is 10.6. The largest absolute Gasteiger partial charge is 0.497 e. The summed E-state index contributed by atoms with van der Waals surface area (Å²) in [4.78, 5) is 31.7. The van der Waals surface area contributed by atoms with Gasteiger partial charge >= 0.3 is 0 Å². The summed E-state index contributed by atoms with van der Waals surface area (Å²) in [5.74, 6) is 1.45. The Morgan fingerprint density at radius 2 is 1.63 bits per heavy atom. The van der Waals surface area contributed by atoms with E-state index in [1.807, 2.05) is 40.3 Å². The van der Waals surface area contributed by atoms with Gasteiger partial charge in [-0.25, -0.2) is 0 Å². The molecule has 1 N–H and O–H groups in total. The van der Waals surface area contributed by atoms with Crippen LogP contribution in [0.5, 0.6) is 11.5 Å². The van der Waals surface area contributed by atoms with Gasteiger partial charge < -0.3 is 24.3 Å². The van der Waals surface area contributed by atoms with Crippen molar-refractivity contribution in [2.45, 2.75) is 12.8 Å². The van der Waals surface area contributed by atoms with Gasteiger partial charge in [0.25, 0.3) is 0 Å². The summed E-state index contributed by atoms with van der Waals surface area (Å²) in [7, 11) is 3.17. The number of methoxy groups -OCH3 is 2. The number of piperazine rings is 1. The van der Waals surface area contributed by atoms with Crippen LogP contribution in [0.1, 0.15) is 11.3 Å². The van der Waals surface area contributed by atoms with Gasteiger partial charge in [0.1, 0.15) is 11.5 Å². The zero-order valence-corrected chi connectivity index (χ0v) is 15.7. The van der Waals surface area contributed by atoms with Crippen LogP contribution in [-0.2, 0) is 22.4 Å². The van der Waals surface area contributed by atoms with Crippen molar-refractivity contribution < 1.29 is 19.1 Å². The summed E-state index contributed by atoms with van der Waals surface area (Å²) >= 11 is 0. The number of nitrogens with one attached hydrogen (secondary N) is 1.